The van der Waals surface area contributed by atoms with Gasteiger partial charge in [0.15, 0.2) is 23.1 Å². The normalized spacial score (nSPS) is 13.6. The first kappa shape index (κ1) is 29.3. The van der Waals surface area contributed by atoms with E-state index in [1.165, 1.54) is 18.3 Å². The summed E-state index contributed by atoms with van der Waals surface area (Å²) in [4.78, 5) is 26.9. The Hall–Kier alpha value is -4.80. The zero-order valence-electron chi connectivity index (χ0n) is 24.4. The Morgan fingerprint density at radius 3 is 2.57 bits per heavy atom. The lowest BCUT2D eigenvalue weighted by atomic mass is 10.1. The van der Waals surface area contributed by atoms with Crippen LogP contribution in [0.3, 0.4) is 0 Å². The molecule has 6 rings (SSSR count). The van der Waals surface area contributed by atoms with Crippen LogP contribution in [0.1, 0.15) is 17.8 Å². The highest BCUT2D eigenvalue weighted by atomic mass is 19.1. The van der Waals surface area contributed by atoms with Gasteiger partial charge in [-0.15, -0.1) is 0 Å². The average molecular weight is 597 g/mol. The molecule has 0 atom stereocenters. The number of benzene rings is 3. The molecule has 10 heteroatoms. The number of halogens is 1. The maximum Gasteiger partial charge on any atom is 0.258 e. The predicted molar refractivity (Wildman–Crippen MR) is 165 cm³/mol. The van der Waals surface area contributed by atoms with Gasteiger partial charge in [-0.05, 0) is 47.9 Å². The number of aromatic nitrogens is 3. The average Bonchev–Trinajstić information content (AvgIpc) is 3.05. The second kappa shape index (κ2) is 13.7. The summed E-state index contributed by atoms with van der Waals surface area (Å²) < 4.78 is 38.4. The van der Waals surface area contributed by atoms with Crippen molar-refractivity contribution in [3.8, 4) is 34.1 Å². The van der Waals surface area contributed by atoms with E-state index >= 15 is 4.39 Å². The molecule has 0 amide bonds. The van der Waals surface area contributed by atoms with Gasteiger partial charge in [-0.1, -0.05) is 36.4 Å². The number of hydrogen-bond acceptors (Lipinski definition) is 8. The summed E-state index contributed by atoms with van der Waals surface area (Å²) in [6.45, 7) is 4.87. The Bertz CT molecular complexity index is 1790. The molecule has 3 heterocycles. The minimum atomic E-state index is -0.618. The van der Waals surface area contributed by atoms with Gasteiger partial charge in [0.2, 0.25) is 0 Å². The minimum absolute atomic E-state index is 0.00809. The highest BCUT2D eigenvalue weighted by Gasteiger charge is 2.17. The molecule has 0 saturated carbocycles. The zero-order valence-corrected chi connectivity index (χ0v) is 24.4. The van der Waals surface area contributed by atoms with E-state index in [-0.39, 0.29) is 16.9 Å². The van der Waals surface area contributed by atoms with Crippen molar-refractivity contribution in [2.75, 3.05) is 46.6 Å². The molecule has 1 fully saturated rings. The van der Waals surface area contributed by atoms with E-state index < -0.39 is 5.82 Å². The van der Waals surface area contributed by atoms with E-state index in [1.807, 2.05) is 42.5 Å². The van der Waals surface area contributed by atoms with E-state index in [1.54, 1.807) is 25.4 Å². The number of rotatable bonds is 11. The molecule has 0 radical (unpaired) electrons. The third-order valence-electron chi connectivity index (χ3n) is 7.50. The van der Waals surface area contributed by atoms with Crippen LogP contribution in [0.5, 0.6) is 23.0 Å². The van der Waals surface area contributed by atoms with Crippen LogP contribution in [0.2, 0.25) is 0 Å². The van der Waals surface area contributed by atoms with Gasteiger partial charge in [0.25, 0.3) is 5.56 Å². The smallest absolute Gasteiger partial charge is 0.258 e. The zero-order chi connectivity index (χ0) is 30.3. The third kappa shape index (κ3) is 6.72. The van der Waals surface area contributed by atoms with Gasteiger partial charge in [0, 0.05) is 43.8 Å². The molecular formula is C34H33FN4O5. The van der Waals surface area contributed by atoms with E-state index in [9.17, 15) is 4.79 Å². The summed E-state index contributed by atoms with van der Waals surface area (Å²) in [6.07, 6.45) is 4.41. The van der Waals surface area contributed by atoms with Crippen LogP contribution in [-0.4, -0.2) is 66.4 Å². The van der Waals surface area contributed by atoms with E-state index in [0.29, 0.717) is 52.6 Å². The summed E-state index contributed by atoms with van der Waals surface area (Å²) in [5, 5.41) is 0.642. The van der Waals surface area contributed by atoms with Crippen LogP contribution >= 0.6 is 0 Å². The topological polar surface area (TPSA) is 98.8 Å². The number of nitrogens with one attached hydrogen (secondary N) is 1. The second-order valence-corrected chi connectivity index (χ2v) is 10.4. The number of hydrogen-bond donors (Lipinski definition) is 1. The van der Waals surface area contributed by atoms with Crippen LogP contribution < -0.4 is 19.8 Å². The van der Waals surface area contributed by atoms with Crippen LogP contribution in [0.25, 0.3) is 22.0 Å². The maximum absolute atomic E-state index is 15.3. The van der Waals surface area contributed by atoms with Crippen molar-refractivity contribution in [1.82, 2.24) is 19.9 Å². The molecule has 0 spiro atoms. The molecule has 9 nitrogen and oxygen atoms in total. The lowest BCUT2D eigenvalue weighted by molar-refractivity contribution is 0.0357. The van der Waals surface area contributed by atoms with Crippen molar-refractivity contribution >= 4 is 10.9 Å². The number of H-pyrrole nitrogens is 1. The van der Waals surface area contributed by atoms with Gasteiger partial charge in [-0.2, -0.15) is 0 Å². The molecule has 1 aliphatic rings. The van der Waals surface area contributed by atoms with Crippen molar-refractivity contribution in [1.29, 1.82) is 0 Å². The SMILES string of the molecule is COc1c(OCCCN2CCOCC2)ccc2c(Oc3ccc(-c4cnc(Cc5ccccc5)[nH]c4=O)cc3F)ccnc12. The fraction of sp³-hybridized carbons (Fsp3) is 0.265. The summed E-state index contributed by atoms with van der Waals surface area (Å²) >= 11 is 0. The molecule has 0 aliphatic carbocycles. The van der Waals surface area contributed by atoms with Crippen LogP contribution in [-0.2, 0) is 11.2 Å². The molecule has 1 saturated heterocycles. The first-order valence-corrected chi connectivity index (χ1v) is 14.6. The summed E-state index contributed by atoms with van der Waals surface area (Å²) in [7, 11) is 1.56. The van der Waals surface area contributed by atoms with Crippen molar-refractivity contribution < 1.29 is 23.3 Å². The molecule has 44 heavy (non-hydrogen) atoms. The first-order chi connectivity index (χ1) is 21.6. The largest absolute Gasteiger partial charge is 0.491 e. The Morgan fingerprint density at radius 2 is 1.80 bits per heavy atom. The van der Waals surface area contributed by atoms with Gasteiger partial charge in [0.05, 0.1) is 32.5 Å². The van der Waals surface area contributed by atoms with E-state index in [0.717, 1.165) is 44.8 Å². The number of morpholine rings is 1. The van der Waals surface area contributed by atoms with Crippen molar-refractivity contribution in [2.24, 2.45) is 0 Å². The fourth-order valence-corrected chi connectivity index (χ4v) is 5.23. The van der Waals surface area contributed by atoms with Crippen LogP contribution in [0.4, 0.5) is 4.39 Å². The molecule has 0 bridgehead atoms. The number of nitrogens with zero attached hydrogens (tertiary/aromatic N) is 3. The lowest BCUT2D eigenvalue weighted by Gasteiger charge is -2.26. The predicted octanol–water partition coefficient (Wildman–Crippen LogP) is 5.62. The van der Waals surface area contributed by atoms with E-state index in [4.69, 9.17) is 18.9 Å². The Morgan fingerprint density at radius 1 is 0.977 bits per heavy atom. The number of pyridine rings is 1. The van der Waals surface area contributed by atoms with Gasteiger partial charge in [-0.25, -0.2) is 9.37 Å². The molecule has 1 N–H and O–H groups in total. The van der Waals surface area contributed by atoms with Crippen molar-refractivity contribution in [3.63, 3.8) is 0 Å². The Labute approximate surface area is 254 Å². The van der Waals surface area contributed by atoms with Crippen molar-refractivity contribution in [2.45, 2.75) is 12.8 Å². The molecule has 2 aromatic heterocycles. The summed E-state index contributed by atoms with van der Waals surface area (Å²) in [6, 6.07) is 19.4. The van der Waals surface area contributed by atoms with Gasteiger partial charge in [-0.3, -0.25) is 14.7 Å². The third-order valence-corrected chi connectivity index (χ3v) is 7.50. The van der Waals surface area contributed by atoms with Crippen LogP contribution in [0.15, 0.2) is 83.9 Å². The van der Waals surface area contributed by atoms with Gasteiger partial charge >= 0.3 is 0 Å². The highest BCUT2D eigenvalue weighted by Crippen LogP contribution is 2.39. The molecule has 226 valence electrons. The number of aromatic amines is 1. The lowest BCUT2D eigenvalue weighted by Crippen LogP contribution is -2.37. The second-order valence-electron chi connectivity index (χ2n) is 10.4. The molecule has 1 aliphatic heterocycles. The molecule has 5 aromatic rings. The molecule has 3 aromatic carbocycles. The van der Waals surface area contributed by atoms with Gasteiger partial charge < -0.3 is 23.9 Å². The fourth-order valence-electron chi connectivity index (χ4n) is 5.23. The molecular weight excluding hydrogens is 563 g/mol. The first-order valence-electron chi connectivity index (χ1n) is 14.6. The Kier molecular flexibility index (Phi) is 9.09. The molecule has 0 unspecified atom stereocenters. The van der Waals surface area contributed by atoms with Crippen LogP contribution in [0, 0.1) is 5.82 Å². The quantitative estimate of drug-likeness (QED) is 0.196. The number of ether oxygens (including phenoxy) is 4. The highest BCUT2D eigenvalue weighted by molar-refractivity contribution is 5.92. The van der Waals surface area contributed by atoms with Gasteiger partial charge in [0.1, 0.15) is 17.1 Å². The summed E-state index contributed by atoms with van der Waals surface area (Å²) in [5.41, 5.74) is 1.89. The Balaban J connectivity index is 1.16. The monoisotopic (exact) mass is 596 g/mol. The van der Waals surface area contributed by atoms with Crippen molar-refractivity contribution in [3.05, 3.63) is 107 Å². The maximum atomic E-state index is 15.3. The van der Waals surface area contributed by atoms with E-state index in [2.05, 4.69) is 19.9 Å². The minimum Gasteiger partial charge on any atom is -0.491 e. The number of methoxy groups -OCH3 is 1. The standard InChI is InChI=1S/C34H33FN4O5/c1-41-33-30(43-17-5-14-39-15-18-42-19-16-39)11-9-25-28(12-13-36-32(25)33)44-29-10-8-24(21-27(29)35)26-22-37-31(38-34(26)40)20-23-6-3-2-4-7-23/h2-4,6-13,21-22H,5,14-20H2,1H3,(H,37,38,40). The number of fused-ring (bicyclic) bond motifs is 1. The summed E-state index contributed by atoms with van der Waals surface area (Å²) in [5.74, 6) is 1.39.